The van der Waals surface area contributed by atoms with Crippen molar-refractivity contribution >= 4 is 22.4 Å². The highest BCUT2D eigenvalue weighted by Gasteiger charge is 2.05. The second-order valence-corrected chi connectivity index (χ2v) is 6.09. The van der Waals surface area contributed by atoms with Crippen molar-refractivity contribution in [3.8, 4) is 11.6 Å². The molecule has 0 saturated heterocycles. The number of aromatic nitrogens is 3. The smallest absolute Gasteiger partial charge is 0.219 e. The van der Waals surface area contributed by atoms with E-state index in [9.17, 15) is 0 Å². The summed E-state index contributed by atoms with van der Waals surface area (Å²) in [5, 5.41) is 4.29. The molecule has 4 rings (SSSR count). The Morgan fingerprint density at radius 1 is 0.926 bits per heavy atom. The Morgan fingerprint density at radius 2 is 1.89 bits per heavy atom. The molecule has 6 heteroatoms. The van der Waals surface area contributed by atoms with E-state index in [1.165, 1.54) is 0 Å². The number of benzene rings is 2. The summed E-state index contributed by atoms with van der Waals surface area (Å²) < 4.78 is 5.79. The molecule has 0 bridgehead atoms. The lowest BCUT2D eigenvalue weighted by molar-refractivity contribution is 0.462. The quantitative estimate of drug-likeness (QED) is 0.506. The lowest BCUT2D eigenvalue weighted by Gasteiger charge is -2.10. The van der Waals surface area contributed by atoms with Crippen LogP contribution in [0.3, 0.4) is 0 Å². The molecule has 0 aliphatic heterocycles. The van der Waals surface area contributed by atoms with Crippen LogP contribution in [-0.4, -0.2) is 21.5 Å². The predicted octanol–water partition coefficient (Wildman–Crippen LogP) is 4.05. The summed E-state index contributed by atoms with van der Waals surface area (Å²) in [5.74, 6) is 2.14. The molecule has 0 aliphatic carbocycles. The highest BCUT2D eigenvalue weighted by atomic mass is 16.5. The number of rotatable bonds is 6. The Morgan fingerprint density at radius 3 is 2.78 bits per heavy atom. The van der Waals surface area contributed by atoms with Crippen molar-refractivity contribution in [2.45, 2.75) is 6.42 Å². The fourth-order valence-electron chi connectivity index (χ4n) is 2.83. The number of hydrogen-bond acceptors (Lipinski definition) is 6. The van der Waals surface area contributed by atoms with Gasteiger partial charge < -0.3 is 15.8 Å². The van der Waals surface area contributed by atoms with Gasteiger partial charge in [0, 0.05) is 29.9 Å². The molecule has 2 heterocycles. The van der Waals surface area contributed by atoms with Crippen molar-refractivity contribution in [3.63, 3.8) is 0 Å². The van der Waals surface area contributed by atoms with Gasteiger partial charge in [-0.15, -0.1) is 0 Å². The molecule has 0 fully saturated rings. The molecule has 0 amide bonds. The van der Waals surface area contributed by atoms with Crippen LogP contribution in [0.1, 0.15) is 5.56 Å². The number of ether oxygens (including phenoxy) is 1. The summed E-state index contributed by atoms with van der Waals surface area (Å²) in [5.41, 5.74) is 8.61. The van der Waals surface area contributed by atoms with Gasteiger partial charge in [0.2, 0.25) is 5.88 Å². The van der Waals surface area contributed by atoms with E-state index in [1.807, 2.05) is 54.6 Å². The van der Waals surface area contributed by atoms with Crippen molar-refractivity contribution in [3.05, 3.63) is 78.8 Å². The van der Waals surface area contributed by atoms with Gasteiger partial charge in [-0.3, -0.25) is 0 Å². The monoisotopic (exact) mass is 357 g/mol. The molecule has 6 nitrogen and oxygen atoms in total. The minimum atomic E-state index is 0.581. The van der Waals surface area contributed by atoms with E-state index in [0.717, 1.165) is 41.0 Å². The van der Waals surface area contributed by atoms with E-state index in [1.54, 1.807) is 12.5 Å². The highest BCUT2D eigenvalue weighted by molar-refractivity contribution is 5.91. The normalized spacial score (nSPS) is 10.7. The summed E-state index contributed by atoms with van der Waals surface area (Å²) in [6.45, 7) is 0.730. The first-order valence-electron chi connectivity index (χ1n) is 8.70. The van der Waals surface area contributed by atoms with Crippen LogP contribution >= 0.6 is 0 Å². The largest absolute Gasteiger partial charge is 0.439 e. The summed E-state index contributed by atoms with van der Waals surface area (Å²) in [6, 6.07) is 19.2. The molecule has 4 aromatic rings. The molecule has 27 heavy (non-hydrogen) atoms. The zero-order chi connectivity index (χ0) is 18.5. The average molecular weight is 357 g/mol. The second kappa shape index (κ2) is 7.70. The van der Waals surface area contributed by atoms with Crippen LogP contribution in [0.2, 0.25) is 0 Å². The van der Waals surface area contributed by atoms with Crippen LogP contribution in [0.4, 0.5) is 11.5 Å². The molecule has 0 spiro atoms. The first-order valence-corrected chi connectivity index (χ1v) is 8.70. The number of nitrogens with zero attached hydrogens (tertiary/aromatic N) is 3. The Balaban J connectivity index is 1.42. The van der Waals surface area contributed by atoms with Gasteiger partial charge in [0.05, 0.1) is 5.52 Å². The van der Waals surface area contributed by atoms with Gasteiger partial charge >= 0.3 is 0 Å². The maximum absolute atomic E-state index is 5.89. The lowest BCUT2D eigenvalue weighted by atomic mass is 10.1. The highest BCUT2D eigenvalue weighted by Crippen LogP contribution is 2.22. The van der Waals surface area contributed by atoms with Crippen molar-refractivity contribution < 1.29 is 4.74 Å². The Labute approximate surface area is 157 Å². The number of anilines is 2. The third-order valence-corrected chi connectivity index (χ3v) is 4.12. The van der Waals surface area contributed by atoms with E-state index in [-0.39, 0.29) is 0 Å². The number of pyridine rings is 1. The standard InChI is InChI=1S/C21H19N5O/c22-16-7-8-19-18(13-16)21(26-14-25-19)24-11-9-15-4-3-5-17(12-15)27-20-6-1-2-10-23-20/h1-8,10,12-14H,9,11,22H2,(H,24,25,26). The van der Waals surface area contributed by atoms with E-state index < -0.39 is 0 Å². The van der Waals surface area contributed by atoms with Gasteiger partial charge in [-0.05, 0) is 48.4 Å². The topological polar surface area (TPSA) is 86.0 Å². The fourth-order valence-corrected chi connectivity index (χ4v) is 2.83. The van der Waals surface area contributed by atoms with Crippen LogP contribution in [-0.2, 0) is 6.42 Å². The van der Waals surface area contributed by atoms with Gasteiger partial charge in [-0.25, -0.2) is 15.0 Å². The molecule has 2 aromatic heterocycles. The molecule has 3 N–H and O–H groups in total. The zero-order valence-electron chi connectivity index (χ0n) is 14.7. The first-order chi connectivity index (χ1) is 13.3. The Hall–Kier alpha value is -3.67. The van der Waals surface area contributed by atoms with Gasteiger partial charge in [0.1, 0.15) is 17.9 Å². The maximum atomic E-state index is 5.89. The molecule has 0 aliphatic rings. The molecule has 0 radical (unpaired) electrons. The first kappa shape index (κ1) is 16.8. The third kappa shape index (κ3) is 4.12. The SMILES string of the molecule is Nc1ccc2ncnc(NCCc3cccc(Oc4ccccn4)c3)c2c1. The van der Waals surface area contributed by atoms with Crippen molar-refractivity contribution in [1.82, 2.24) is 15.0 Å². The Bertz CT molecular complexity index is 1050. The van der Waals surface area contributed by atoms with Gasteiger partial charge in [0.15, 0.2) is 0 Å². The number of fused-ring (bicyclic) bond motifs is 1. The molecule has 0 saturated carbocycles. The third-order valence-electron chi connectivity index (χ3n) is 4.12. The van der Waals surface area contributed by atoms with E-state index in [4.69, 9.17) is 10.5 Å². The van der Waals surface area contributed by atoms with Gasteiger partial charge in [-0.1, -0.05) is 18.2 Å². The average Bonchev–Trinajstić information content (AvgIpc) is 2.69. The van der Waals surface area contributed by atoms with Crippen LogP contribution < -0.4 is 15.8 Å². The Kier molecular flexibility index (Phi) is 4.78. The number of hydrogen-bond donors (Lipinski definition) is 2. The fraction of sp³-hybridized carbons (Fsp3) is 0.0952. The van der Waals surface area contributed by atoms with Crippen LogP contribution in [0.25, 0.3) is 10.9 Å². The van der Waals surface area contributed by atoms with Gasteiger partial charge in [-0.2, -0.15) is 0 Å². The molecule has 2 aromatic carbocycles. The number of nitrogen functional groups attached to an aromatic ring is 1. The minimum absolute atomic E-state index is 0.581. The van der Waals surface area contributed by atoms with Crippen molar-refractivity contribution in [1.29, 1.82) is 0 Å². The minimum Gasteiger partial charge on any atom is -0.439 e. The zero-order valence-corrected chi connectivity index (χ0v) is 14.7. The molecular weight excluding hydrogens is 338 g/mol. The van der Waals surface area contributed by atoms with Crippen LogP contribution in [0.15, 0.2) is 73.2 Å². The maximum Gasteiger partial charge on any atom is 0.219 e. The lowest BCUT2D eigenvalue weighted by Crippen LogP contribution is -2.07. The van der Waals surface area contributed by atoms with Crippen molar-refractivity contribution in [2.24, 2.45) is 0 Å². The second-order valence-electron chi connectivity index (χ2n) is 6.09. The number of nitrogens with two attached hydrogens (primary N) is 1. The van der Waals surface area contributed by atoms with Crippen molar-refractivity contribution in [2.75, 3.05) is 17.6 Å². The van der Waals surface area contributed by atoms with Crippen LogP contribution in [0, 0.1) is 0 Å². The summed E-state index contributed by atoms with van der Waals surface area (Å²) >= 11 is 0. The summed E-state index contributed by atoms with van der Waals surface area (Å²) in [4.78, 5) is 12.8. The number of nitrogens with one attached hydrogen (secondary N) is 1. The van der Waals surface area contributed by atoms with E-state index >= 15 is 0 Å². The molecule has 134 valence electrons. The molecular formula is C21H19N5O. The summed E-state index contributed by atoms with van der Waals surface area (Å²) in [7, 11) is 0. The molecule has 0 atom stereocenters. The summed E-state index contributed by atoms with van der Waals surface area (Å²) in [6.07, 6.45) is 4.09. The van der Waals surface area contributed by atoms with E-state index in [0.29, 0.717) is 11.6 Å². The predicted molar refractivity (Wildman–Crippen MR) is 107 cm³/mol. The van der Waals surface area contributed by atoms with Gasteiger partial charge in [0.25, 0.3) is 0 Å². The molecule has 0 unspecified atom stereocenters. The van der Waals surface area contributed by atoms with Crippen LogP contribution in [0.5, 0.6) is 11.6 Å². The van der Waals surface area contributed by atoms with E-state index in [2.05, 4.69) is 26.3 Å².